The van der Waals surface area contributed by atoms with Crippen molar-refractivity contribution in [1.82, 2.24) is 4.72 Å². The van der Waals surface area contributed by atoms with Crippen molar-refractivity contribution in [2.24, 2.45) is 46.3 Å². The first kappa shape index (κ1) is 121. The van der Waals surface area contributed by atoms with Crippen LogP contribution >= 0.6 is 0 Å². The molecule has 0 aromatic carbocycles. The Bertz CT molecular complexity index is 3690. The van der Waals surface area contributed by atoms with E-state index >= 15 is 0 Å². The summed E-state index contributed by atoms with van der Waals surface area (Å²) in [6, 6.07) is 0. The number of halogens is 24. The number of carbonyl (C=O) groups excluding carboxylic acids is 6. The third kappa shape index (κ3) is 36.8. The lowest BCUT2D eigenvalue weighted by Crippen LogP contribution is -2.64. The zero-order valence-corrected chi connectivity index (χ0v) is 72.4. The van der Waals surface area contributed by atoms with Gasteiger partial charge in [0, 0.05) is 92.5 Å². The number of esters is 6. The first-order valence-electron chi connectivity index (χ1n) is 37.4. The number of nitrogens with one attached hydrogen (secondary N) is 1. The van der Waals surface area contributed by atoms with Gasteiger partial charge in [-0.2, -0.15) is 105 Å². The Balaban J connectivity index is -0.00000146. The number of carbonyl (C=O) groups is 6. The molecule has 0 aromatic rings. The zero-order valence-electron chi connectivity index (χ0n) is 71.6. The standard InChI is InChI=1S/C17H21F9O4.C17H21F9O3.C13H19F3O4.C13H21F3O3.C10H18O3.C8H15NO3S/c1-7(2)12(28)30-8-5-9(13(3,15(18,19)20)16(21,22)23)11(27)10(6-8)14(4,29)17(24,25)26;1-8(2)12(27)29-11-6-9(13(3,15(18,19)20)16(21,22)23)5-10(7-11)14(4,28)17(24,25)26;1-7(2)11(18)20-8-4-5-10(17)9(6-8)12(3,19)13(14,15)16;1-8(2)6-10(19-11(17)9(3)4)7-12(5,18)13(14,15)16;1-7(2)9(11)13-8(3)6-10(4,5)12;1-7(2)8(10)12-6-5-9-13(3,4)11/h8-11,27,29H,1,5-6H2,2-4H3;9-11,28H,1,5-7H2,2-4H3;8-10,17,19H,1,4-6H2,2-3H3;8,10,18H,3,6-7H2,1-2,4-5H3;8,12H,1,6H2,2-5H3;1,3,5-6H2,2,4H3,(H,9,11). The summed E-state index contributed by atoms with van der Waals surface area (Å²) in [5.41, 5.74) is -22.7. The Morgan fingerprint density at radius 3 is 1.07 bits per heavy atom. The van der Waals surface area contributed by atoms with Crippen LogP contribution in [0.3, 0.4) is 0 Å². The summed E-state index contributed by atoms with van der Waals surface area (Å²) in [6.45, 7) is 38.8. The molecule has 21 nitrogen and oxygen atoms in total. The molecule has 726 valence electrons. The molecule has 124 heavy (non-hydrogen) atoms. The van der Waals surface area contributed by atoms with E-state index in [4.69, 9.17) is 28.4 Å². The smallest absolute Gasteiger partial charge is 0.417 e. The van der Waals surface area contributed by atoms with Gasteiger partial charge in [-0.05, 0) is 179 Å². The van der Waals surface area contributed by atoms with Crippen molar-refractivity contribution in [3.05, 3.63) is 72.9 Å². The van der Waals surface area contributed by atoms with Crippen molar-refractivity contribution in [1.29, 1.82) is 0 Å². The monoisotopic (exact) mass is 1870 g/mol. The summed E-state index contributed by atoms with van der Waals surface area (Å²) in [7, 11) is -2.21. The van der Waals surface area contributed by atoms with Crippen molar-refractivity contribution in [3.63, 3.8) is 0 Å². The quantitative estimate of drug-likeness (QED) is 0.00996. The van der Waals surface area contributed by atoms with Crippen LogP contribution in [0.5, 0.6) is 0 Å². The first-order chi connectivity index (χ1) is 54.6. The lowest BCUT2D eigenvalue weighted by molar-refractivity contribution is -0.371. The average molecular weight is 1870 g/mol. The van der Waals surface area contributed by atoms with Gasteiger partial charge in [0.1, 0.15) is 37.1 Å². The van der Waals surface area contributed by atoms with Crippen molar-refractivity contribution in [2.75, 3.05) is 19.4 Å². The molecule has 3 aliphatic carbocycles. The van der Waals surface area contributed by atoms with Gasteiger partial charge in [0.05, 0.1) is 17.8 Å². The maximum absolute atomic E-state index is 13.5. The van der Waals surface area contributed by atoms with E-state index in [2.05, 4.69) is 50.1 Å². The lowest BCUT2D eigenvalue weighted by atomic mass is 9.60. The molecule has 0 saturated heterocycles. The van der Waals surface area contributed by atoms with Crippen LogP contribution in [0.1, 0.15) is 188 Å². The largest absolute Gasteiger partial charge is 0.461 e. The van der Waals surface area contributed by atoms with E-state index < -0.39 is 239 Å². The fraction of sp³-hybridized carbons (Fsp3) is 0.756. The third-order valence-corrected chi connectivity index (χ3v) is 21.0. The second-order valence-corrected chi connectivity index (χ2v) is 35.6. The molecule has 0 bridgehead atoms. The Hall–Kier alpha value is -6.72. The highest BCUT2D eigenvalue weighted by Crippen LogP contribution is 2.62. The topological polar surface area (TPSA) is 329 Å². The highest BCUT2D eigenvalue weighted by molar-refractivity contribution is 7.97. The van der Waals surface area contributed by atoms with Crippen LogP contribution in [-0.4, -0.2) is 221 Å². The molecule has 3 fully saturated rings. The number of hydrogen-bond acceptors (Lipinski definition) is 20. The second-order valence-electron chi connectivity index (χ2n) is 33.3. The van der Waals surface area contributed by atoms with E-state index in [0.717, 1.165) is 13.8 Å². The van der Waals surface area contributed by atoms with Crippen molar-refractivity contribution in [3.8, 4) is 0 Å². The summed E-state index contributed by atoms with van der Waals surface area (Å²) < 4.78 is 360. The van der Waals surface area contributed by atoms with Gasteiger partial charge in [0.15, 0.2) is 33.2 Å². The minimum absolute atomic E-state index is 0.0328. The average Bonchev–Trinajstić information content (AvgIpc) is 0.728. The molecule has 3 saturated carbocycles. The summed E-state index contributed by atoms with van der Waals surface area (Å²) in [5.74, 6) is -12.6. The third-order valence-electron chi connectivity index (χ3n) is 20.2. The molecule has 8 N–H and O–H groups in total. The van der Waals surface area contributed by atoms with Gasteiger partial charge < -0.3 is 64.2 Å². The summed E-state index contributed by atoms with van der Waals surface area (Å²) in [4.78, 5) is 68.0. The molecule has 0 heterocycles. The van der Waals surface area contributed by atoms with E-state index in [1.165, 1.54) is 20.1 Å². The van der Waals surface area contributed by atoms with Crippen LogP contribution in [-0.2, 0) is 66.9 Å². The number of hydrogen-bond donors (Lipinski definition) is 8. The Morgan fingerprint density at radius 2 is 0.742 bits per heavy atom. The highest BCUT2D eigenvalue weighted by atomic mass is 32.2. The van der Waals surface area contributed by atoms with E-state index in [1.54, 1.807) is 48.5 Å². The minimum atomic E-state index is -6.02. The number of ether oxygens (including phenoxy) is 6. The zero-order chi connectivity index (χ0) is 99.6. The molecule has 17 atom stereocenters. The summed E-state index contributed by atoms with van der Waals surface area (Å²) in [5, 5.41) is 68.3. The van der Waals surface area contributed by atoms with Gasteiger partial charge in [-0.1, -0.05) is 53.3 Å². The maximum atomic E-state index is 13.5. The SMILES string of the molecule is C=C(C)C(=O)OC(C)CC(C)(C)O.C=C(C)C(=O)OC(CC(C)C)CC(C)(O)C(F)(F)F.C=C(C)C(=O)OC1CC(C(C)(O)C(F)(F)F)C(O)C(C(C)(C(F)(F)F)C(F)(F)F)C1.C=C(C)C(=O)OC1CC(C(C)(O)C(F)(F)F)CC(C(C)(C(F)(F)F)C(F)(F)F)C1.C=C(C)C(=O)OC1CCC(O)C(C(C)(O)C(F)(F)F)C1.C=C(C)C(=O)OCCNS(=C)(C)=O. The van der Waals surface area contributed by atoms with E-state index in [-0.39, 0.29) is 94.3 Å². The Morgan fingerprint density at radius 1 is 0.411 bits per heavy atom. The fourth-order valence-corrected chi connectivity index (χ4v) is 12.8. The molecule has 0 spiro atoms. The number of alkyl halides is 24. The molecule has 0 radical (unpaired) electrons. The van der Waals surface area contributed by atoms with Crippen LogP contribution in [0.15, 0.2) is 72.9 Å². The molecule has 0 amide bonds. The van der Waals surface area contributed by atoms with Crippen LogP contribution in [0.4, 0.5) is 105 Å². The Labute approximate surface area is 703 Å². The normalized spacial score (nSPS) is 23.6. The Kier molecular flexibility index (Phi) is 44.6. The van der Waals surface area contributed by atoms with Gasteiger partial charge >= 0.3 is 85.2 Å². The van der Waals surface area contributed by atoms with Crippen LogP contribution < -0.4 is 4.72 Å². The fourth-order valence-electron chi connectivity index (χ4n) is 12.3. The van der Waals surface area contributed by atoms with E-state index in [0.29, 0.717) is 38.0 Å². The number of aliphatic hydroxyl groups is 7. The number of aliphatic hydroxyl groups excluding tert-OH is 2. The van der Waals surface area contributed by atoms with Crippen LogP contribution in [0.2, 0.25) is 0 Å². The highest BCUT2D eigenvalue weighted by Gasteiger charge is 2.76. The predicted octanol–water partition coefficient (Wildman–Crippen LogP) is 16.4. The molecule has 0 aromatic heterocycles. The van der Waals surface area contributed by atoms with Gasteiger partial charge in [-0.25, -0.2) is 33.5 Å². The van der Waals surface area contributed by atoms with Gasteiger partial charge in [0.2, 0.25) is 0 Å². The molecular formula is C78H115F24NO20S. The summed E-state index contributed by atoms with van der Waals surface area (Å²) >= 11 is 0. The summed E-state index contributed by atoms with van der Waals surface area (Å²) in [6.07, 6.45) is -57.7. The second kappa shape index (κ2) is 45.5. The van der Waals surface area contributed by atoms with Crippen LogP contribution in [0, 0.1) is 46.3 Å². The van der Waals surface area contributed by atoms with Crippen LogP contribution in [0.25, 0.3) is 0 Å². The van der Waals surface area contributed by atoms with Crippen molar-refractivity contribution >= 4 is 51.4 Å². The molecule has 46 heteroatoms. The van der Waals surface area contributed by atoms with Crippen molar-refractivity contribution in [2.45, 2.75) is 308 Å². The molecule has 3 rings (SSSR count). The number of rotatable bonds is 26. The van der Waals surface area contributed by atoms with E-state index in [9.17, 15) is 174 Å². The van der Waals surface area contributed by atoms with Gasteiger partial charge in [-0.3, -0.25) is 4.21 Å². The molecular weight excluding hydrogens is 1760 g/mol. The van der Waals surface area contributed by atoms with Gasteiger partial charge in [0.25, 0.3) is 0 Å². The minimum Gasteiger partial charge on any atom is -0.461 e. The molecule has 0 aliphatic heterocycles. The lowest BCUT2D eigenvalue weighted by Gasteiger charge is -2.51. The first-order valence-corrected chi connectivity index (χ1v) is 39.5. The maximum Gasteiger partial charge on any atom is 0.417 e. The molecule has 17 unspecified atom stereocenters. The van der Waals surface area contributed by atoms with E-state index in [1.807, 2.05) is 0 Å². The van der Waals surface area contributed by atoms with Crippen molar-refractivity contribution < 1.29 is 203 Å². The van der Waals surface area contributed by atoms with Gasteiger partial charge in [-0.15, -0.1) is 0 Å². The predicted molar refractivity (Wildman–Crippen MR) is 403 cm³/mol. The molecule has 3 aliphatic rings.